The van der Waals surface area contributed by atoms with Crippen LogP contribution in [0.2, 0.25) is 0 Å². The van der Waals surface area contributed by atoms with Gasteiger partial charge >= 0.3 is 0 Å². The number of rotatable bonds is 0. The van der Waals surface area contributed by atoms with Crippen LogP contribution in [-0.4, -0.2) is 0 Å². The Morgan fingerprint density at radius 3 is 2.39 bits per heavy atom. The van der Waals surface area contributed by atoms with E-state index >= 15 is 0 Å². The second-order valence-corrected chi connectivity index (χ2v) is 6.31. The molecule has 2 aliphatic carbocycles. The van der Waals surface area contributed by atoms with Gasteiger partial charge in [-0.15, -0.1) is 0 Å². The molecule has 2 aliphatic rings. The maximum atomic E-state index is 4.43. The zero-order chi connectivity index (χ0) is 12.7. The van der Waals surface area contributed by atoms with E-state index in [1.807, 2.05) is 0 Å². The molecule has 4 rings (SSSR count). The van der Waals surface area contributed by atoms with E-state index in [0.717, 1.165) is 0 Å². The van der Waals surface area contributed by atoms with E-state index in [1.54, 1.807) is 0 Å². The van der Waals surface area contributed by atoms with Crippen LogP contribution in [0.4, 0.5) is 0 Å². The Labute approximate surface area is 108 Å². The van der Waals surface area contributed by atoms with Gasteiger partial charge in [0.15, 0.2) is 0 Å². The molecule has 0 aliphatic heterocycles. The van der Waals surface area contributed by atoms with Gasteiger partial charge in [0.1, 0.15) is 0 Å². The quantitative estimate of drug-likeness (QED) is 0.615. The molecule has 2 aromatic carbocycles. The van der Waals surface area contributed by atoms with E-state index in [2.05, 4.69) is 63.7 Å². The molecule has 0 aromatic heterocycles. The summed E-state index contributed by atoms with van der Waals surface area (Å²) in [5.74, 6) is 0.676. The summed E-state index contributed by atoms with van der Waals surface area (Å²) in [6, 6.07) is 13.4. The summed E-state index contributed by atoms with van der Waals surface area (Å²) >= 11 is 0. The third kappa shape index (κ3) is 0.791. The Kier molecular flexibility index (Phi) is 1.56. The van der Waals surface area contributed by atoms with Crippen LogP contribution in [0.3, 0.4) is 0 Å². The second-order valence-electron chi connectivity index (χ2n) is 6.31. The van der Waals surface area contributed by atoms with Gasteiger partial charge in [-0.2, -0.15) is 0 Å². The summed E-state index contributed by atoms with van der Waals surface area (Å²) in [5.41, 5.74) is 4.75. The standard InChI is InChI=1S/C18H18/c1-11-14-9-5-7-13-8-6-10-15(16(13)14)18(4)12(2)17(11,18)3/h5-10,12H,1H2,2-4H3/t12-,17+,18+/m0/s1. The van der Waals surface area contributed by atoms with Gasteiger partial charge in [-0.1, -0.05) is 63.7 Å². The topological polar surface area (TPSA) is 0 Å². The van der Waals surface area contributed by atoms with Crippen molar-refractivity contribution in [1.82, 2.24) is 0 Å². The first-order valence-corrected chi connectivity index (χ1v) is 6.75. The zero-order valence-corrected chi connectivity index (χ0v) is 11.2. The first-order chi connectivity index (χ1) is 8.53. The molecule has 0 N–H and O–H groups in total. The summed E-state index contributed by atoms with van der Waals surface area (Å²) in [6.07, 6.45) is 0. The molecule has 0 bridgehead atoms. The molecule has 2 aromatic rings. The lowest BCUT2D eigenvalue weighted by Gasteiger charge is -2.30. The SMILES string of the molecule is C=C1c2cccc3cccc(c23)[C@@]2(C)[C@@H](C)[C@@]12C. The molecule has 0 amide bonds. The highest BCUT2D eigenvalue weighted by Crippen LogP contribution is 2.77. The molecule has 0 saturated heterocycles. The molecule has 0 heteroatoms. The van der Waals surface area contributed by atoms with Crippen molar-refractivity contribution in [2.24, 2.45) is 11.3 Å². The highest BCUT2D eigenvalue weighted by atomic mass is 14.7. The first kappa shape index (κ1) is 10.4. The summed E-state index contributed by atoms with van der Waals surface area (Å²) < 4.78 is 0. The van der Waals surface area contributed by atoms with Crippen molar-refractivity contribution in [2.45, 2.75) is 26.2 Å². The van der Waals surface area contributed by atoms with Crippen LogP contribution >= 0.6 is 0 Å². The molecule has 0 nitrogen and oxygen atoms in total. The van der Waals surface area contributed by atoms with Gasteiger partial charge in [0.05, 0.1) is 0 Å². The average molecular weight is 234 g/mol. The lowest BCUT2D eigenvalue weighted by Crippen LogP contribution is -2.19. The molecule has 0 unspecified atom stereocenters. The van der Waals surface area contributed by atoms with Crippen LogP contribution in [0.25, 0.3) is 16.3 Å². The molecule has 1 fully saturated rings. The minimum atomic E-state index is 0.246. The van der Waals surface area contributed by atoms with Crippen LogP contribution in [0.15, 0.2) is 43.0 Å². The van der Waals surface area contributed by atoms with Gasteiger partial charge < -0.3 is 0 Å². The average Bonchev–Trinajstić information content (AvgIpc) is 2.85. The minimum Gasteiger partial charge on any atom is -0.0946 e. The smallest absolute Gasteiger partial charge is 0.00624 e. The zero-order valence-electron chi connectivity index (χ0n) is 11.2. The van der Waals surface area contributed by atoms with Crippen molar-refractivity contribution in [3.63, 3.8) is 0 Å². The van der Waals surface area contributed by atoms with Crippen LogP contribution in [0, 0.1) is 11.3 Å². The van der Waals surface area contributed by atoms with E-state index < -0.39 is 0 Å². The van der Waals surface area contributed by atoms with Crippen molar-refractivity contribution in [3.8, 4) is 0 Å². The maximum Gasteiger partial charge on any atom is 0.00624 e. The lowest BCUT2D eigenvalue weighted by molar-refractivity contribution is 0.602. The van der Waals surface area contributed by atoms with Crippen molar-refractivity contribution >= 4 is 16.3 Å². The number of fused-ring (bicyclic) bond motifs is 2. The van der Waals surface area contributed by atoms with Crippen LogP contribution in [-0.2, 0) is 5.41 Å². The van der Waals surface area contributed by atoms with E-state index in [1.165, 1.54) is 27.5 Å². The van der Waals surface area contributed by atoms with Crippen LogP contribution in [0.1, 0.15) is 31.9 Å². The third-order valence-corrected chi connectivity index (χ3v) is 6.14. The van der Waals surface area contributed by atoms with E-state index in [-0.39, 0.29) is 10.8 Å². The Morgan fingerprint density at radius 2 is 1.67 bits per heavy atom. The molecule has 0 radical (unpaired) electrons. The predicted octanol–water partition coefficient (Wildman–Crippen LogP) is 4.78. The Balaban J connectivity index is 2.22. The van der Waals surface area contributed by atoms with Gasteiger partial charge in [-0.05, 0) is 33.4 Å². The van der Waals surface area contributed by atoms with Crippen molar-refractivity contribution in [2.75, 3.05) is 0 Å². The Hall–Kier alpha value is -1.56. The van der Waals surface area contributed by atoms with Crippen molar-refractivity contribution in [3.05, 3.63) is 54.1 Å². The number of allylic oxidation sites excluding steroid dienone is 1. The Bertz CT molecular complexity index is 704. The maximum absolute atomic E-state index is 4.43. The third-order valence-electron chi connectivity index (χ3n) is 6.14. The summed E-state index contributed by atoms with van der Waals surface area (Å²) in [7, 11) is 0. The van der Waals surface area contributed by atoms with Gasteiger partial charge in [0.25, 0.3) is 0 Å². The predicted molar refractivity (Wildman–Crippen MR) is 77.6 cm³/mol. The van der Waals surface area contributed by atoms with Gasteiger partial charge in [-0.25, -0.2) is 0 Å². The van der Waals surface area contributed by atoms with Gasteiger partial charge in [0, 0.05) is 10.8 Å². The largest absolute Gasteiger partial charge is 0.0946 e. The highest BCUT2D eigenvalue weighted by molar-refractivity contribution is 6.02. The molecule has 0 heterocycles. The highest BCUT2D eigenvalue weighted by Gasteiger charge is 2.72. The summed E-state index contributed by atoms with van der Waals surface area (Å²) in [6.45, 7) is 11.6. The molecule has 1 saturated carbocycles. The van der Waals surface area contributed by atoms with E-state index in [4.69, 9.17) is 0 Å². The van der Waals surface area contributed by atoms with Crippen LogP contribution < -0.4 is 0 Å². The van der Waals surface area contributed by atoms with Crippen molar-refractivity contribution < 1.29 is 0 Å². The number of benzene rings is 2. The van der Waals surface area contributed by atoms with E-state index in [0.29, 0.717) is 5.92 Å². The molecule has 90 valence electrons. The summed E-state index contributed by atoms with van der Waals surface area (Å²) in [5, 5.41) is 2.79. The Morgan fingerprint density at radius 1 is 1.00 bits per heavy atom. The monoisotopic (exact) mass is 234 g/mol. The first-order valence-electron chi connectivity index (χ1n) is 6.75. The summed E-state index contributed by atoms with van der Waals surface area (Å²) in [4.78, 5) is 0. The lowest BCUT2D eigenvalue weighted by atomic mass is 9.73. The molecular weight excluding hydrogens is 216 g/mol. The van der Waals surface area contributed by atoms with Crippen LogP contribution in [0.5, 0.6) is 0 Å². The van der Waals surface area contributed by atoms with Crippen molar-refractivity contribution in [1.29, 1.82) is 0 Å². The second kappa shape index (κ2) is 2.71. The molecule has 0 spiro atoms. The van der Waals surface area contributed by atoms with Gasteiger partial charge in [-0.3, -0.25) is 0 Å². The fourth-order valence-electron chi connectivity index (χ4n) is 4.45. The molecule has 18 heavy (non-hydrogen) atoms. The number of hydrogen-bond acceptors (Lipinski definition) is 0. The molecule has 3 atom stereocenters. The minimum absolute atomic E-state index is 0.246. The van der Waals surface area contributed by atoms with Gasteiger partial charge in [0.2, 0.25) is 0 Å². The fraction of sp³-hybridized carbons (Fsp3) is 0.333. The van der Waals surface area contributed by atoms with E-state index in [9.17, 15) is 0 Å². The molecular formula is C18H18. The fourth-order valence-corrected chi connectivity index (χ4v) is 4.45. The normalized spacial score (nSPS) is 36.6. The number of hydrogen-bond donors (Lipinski definition) is 0.